The zero-order valence-electron chi connectivity index (χ0n) is 10.8. The second kappa shape index (κ2) is 6.62. The molecule has 4 heteroatoms. The third kappa shape index (κ3) is 3.15. The summed E-state index contributed by atoms with van der Waals surface area (Å²) >= 11 is 9.31. The summed E-state index contributed by atoms with van der Waals surface area (Å²) in [5.41, 5.74) is 4.85. The van der Waals surface area contributed by atoms with Crippen LogP contribution in [0.4, 0.5) is 0 Å². The Kier molecular flexibility index (Phi) is 5.77. The molecular formula is C13H19BrClNO. The summed E-state index contributed by atoms with van der Waals surface area (Å²) in [6.07, 6.45) is 0. The van der Waals surface area contributed by atoms with Gasteiger partial charge in [-0.15, -0.1) is 11.6 Å². The van der Waals surface area contributed by atoms with E-state index in [0.717, 1.165) is 18.8 Å². The summed E-state index contributed by atoms with van der Waals surface area (Å²) in [6, 6.07) is 0. The lowest BCUT2D eigenvalue weighted by atomic mass is 9.99. The van der Waals surface area contributed by atoms with E-state index in [9.17, 15) is 0 Å². The van der Waals surface area contributed by atoms with Crippen molar-refractivity contribution in [1.29, 1.82) is 0 Å². The van der Waals surface area contributed by atoms with Crippen LogP contribution >= 0.6 is 27.5 Å². The van der Waals surface area contributed by atoms with E-state index in [1.165, 1.54) is 26.7 Å². The lowest BCUT2D eigenvalue weighted by molar-refractivity contribution is 0.403. The Morgan fingerprint density at radius 1 is 1.18 bits per heavy atom. The smallest absolute Gasteiger partial charge is 0.126 e. The quantitative estimate of drug-likeness (QED) is 0.659. The van der Waals surface area contributed by atoms with Gasteiger partial charge < -0.3 is 10.1 Å². The standard InChI is InChI=1S/C13H19BrClNO/c1-8-9(2)13(17-4)11(7-16-6-5-15)10(3)12(8)14/h16H,5-7H2,1-4H3. The van der Waals surface area contributed by atoms with Gasteiger partial charge in [-0.1, -0.05) is 15.9 Å². The molecule has 0 bridgehead atoms. The van der Waals surface area contributed by atoms with E-state index in [1.54, 1.807) is 7.11 Å². The van der Waals surface area contributed by atoms with Crippen molar-refractivity contribution in [2.75, 3.05) is 19.5 Å². The Morgan fingerprint density at radius 2 is 1.82 bits per heavy atom. The van der Waals surface area contributed by atoms with Gasteiger partial charge in [-0.25, -0.2) is 0 Å². The first-order chi connectivity index (χ1) is 8.04. The molecule has 1 N–H and O–H groups in total. The maximum atomic E-state index is 5.67. The zero-order chi connectivity index (χ0) is 13.0. The number of alkyl halides is 1. The molecule has 96 valence electrons. The van der Waals surface area contributed by atoms with Crippen molar-refractivity contribution in [3.8, 4) is 5.75 Å². The molecule has 0 atom stereocenters. The minimum atomic E-state index is 0.618. The highest BCUT2D eigenvalue weighted by atomic mass is 79.9. The minimum Gasteiger partial charge on any atom is -0.496 e. The van der Waals surface area contributed by atoms with Crippen LogP contribution < -0.4 is 10.1 Å². The molecule has 0 heterocycles. The summed E-state index contributed by atoms with van der Waals surface area (Å²) in [7, 11) is 1.72. The molecule has 0 aliphatic carbocycles. The van der Waals surface area contributed by atoms with Crippen molar-refractivity contribution >= 4 is 27.5 Å². The van der Waals surface area contributed by atoms with Crippen LogP contribution in [0.5, 0.6) is 5.75 Å². The fourth-order valence-corrected chi connectivity index (χ4v) is 2.58. The average molecular weight is 321 g/mol. The zero-order valence-corrected chi connectivity index (χ0v) is 13.1. The fourth-order valence-electron chi connectivity index (χ4n) is 1.91. The Bertz CT molecular complexity index is 407. The minimum absolute atomic E-state index is 0.618. The lowest BCUT2D eigenvalue weighted by Crippen LogP contribution is -2.17. The molecule has 0 unspecified atom stereocenters. The van der Waals surface area contributed by atoms with Crippen molar-refractivity contribution in [2.45, 2.75) is 27.3 Å². The summed E-state index contributed by atoms with van der Waals surface area (Å²) in [6.45, 7) is 7.88. The summed E-state index contributed by atoms with van der Waals surface area (Å²) in [5.74, 6) is 1.60. The van der Waals surface area contributed by atoms with Crippen LogP contribution in [-0.2, 0) is 6.54 Å². The van der Waals surface area contributed by atoms with Gasteiger partial charge in [0.15, 0.2) is 0 Å². The van der Waals surface area contributed by atoms with Crippen LogP contribution in [0.15, 0.2) is 4.47 Å². The van der Waals surface area contributed by atoms with Crippen molar-refractivity contribution in [1.82, 2.24) is 5.32 Å². The number of rotatable bonds is 5. The van der Waals surface area contributed by atoms with E-state index in [2.05, 4.69) is 42.0 Å². The predicted molar refractivity (Wildman–Crippen MR) is 77.3 cm³/mol. The van der Waals surface area contributed by atoms with Gasteiger partial charge in [0.05, 0.1) is 7.11 Å². The number of hydrogen-bond donors (Lipinski definition) is 1. The van der Waals surface area contributed by atoms with Gasteiger partial charge in [-0.3, -0.25) is 0 Å². The van der Waals surface area contributed by atoms with Crippen LogP contribution in [0.2, 0.25) is 0 Å². The molecule has 0 aliphatic rings. The monoisotopic (exact) mass is 319 g/mol. The molecule has 0 amide bonds. The van der Waals surface area contributed by atoms with E-state index >= 15 is 0 Å². The highest BCUT2D eigenvalue weighted by Gasteiger charge is 2.15. The molecule has 1 rings (SSSR count). The van der Waals surface area contributed by atoms with Crippen LogP contribution in [0.3, 0.4) is 0 Å². The topological polar surface area (TPSA) is 21.3 Å². The second-order valence-corrected chi connectivity index (χ2v) is 5.24. The van der Waals surface area contributed by atoms with Crippen LogP contribution in [0, 0.1) is 20.8 Å². The van der Waals surface area contributed by atoms with E-state index in [0.29, 0.717) is 5.88 Å². The third-order valence-electron chi connectivity index (χ3n) is 3.07. The number of halogens is 2. The number of methoxy groups -OCH3 is 1. The van der Waals surface area contributed by atoms with Crippen molar-refractivity contribution < 1.29 is 4.74 Å². The van der Waals surface area contributed by atoms with Crippen molar-refractivity contribution in [3.05, 3.63) is 26.7 Å². The molecule has 0 fully saturated rings. The van der Waals surface area contributed by atoms with Gasteiger partial charge >= 0.3 is 0 Å². The number of hydrogen-bond acceptors (Lipinski definition) is 2. The summed E-state index contributed by atoms with van der Waals surface area (Å²) in [4.78, 5) is 0. The van der Waals surface area contributed by atoms with E-state index < -0.39 is 0 Å². The lowest BCUT2D eigenvalue weighted by Gasteiger charge is -2.19. The number of nitrogens with one attached hydrogen (secondary N) is 1. The molecule has 0 spiro atoms. The van der Waals surface area contributed by atoms with Crippen molar-refractivity contribution in [2.24, 2.45) is 0 Å². The van der Waals surface area contributed by atoms with E-state index in [1.807, 2.05) is 0 Å². The first-order valence-electron chi connectivity index (χ1n) is 5.63. The molecule has 2 nitrogen and oxygen atoms in total. The molecular weight excluding hydrogens is 302 g/mol. The van der Waals surface area contributed by atoms with E-state index in [-0.39, 0.29) is 0 Å². The average Bonchev–Trinajstić information content (AvgIpc) is 2.33. The summed E-state index contributed by atoms with van der Waals surface area (Å²) < 4.78 is 6.69. The van der Waals surface area contributed by atoms with Crippen LogP contribution in [0.25, 0.3) is 0 Å². The fraction of sp³-hybridized carbons (Fsp3) is 0.538. The van der Waals surface area contributed by atoms with Gasteiger partial charge in [-0.05, 0) is 37.5 Å². The largest absolute Gasteiger partial charge is 0.496 e. The second-order valence-electron chi connectivity index (χ2n) is 4.07. The maximum Gasteiger partial charge on any atom is 0.126 e. The Labute approximate surface area is 117 Å². The molecule has 1 aromatic rings. The highest BCUT2D eigenvalue weighted by Crippen LogP contribution is 2.35. The highest BCUT2D eigenvalue weighted by molar-refractivity contribution is 9.10. The number of ether oxygens (including phenoxy) is 1. The van der Waals surface area contributed by atoms with Gasteiger partial charge in [-0.2, -0.15) is 0 Å². The Balaban J connectivity index is 3.17. The predicted octanol–water partition coefficient (Wildman–Crippen LogP) is 3.71. The molecule has 0 radical (unpaired) electrons. The number of benzene rings is 1. The first kappa shape index (κ1) is 14.8. The van der Waals surface area contributed by atoms with Gasteiger partial charge in [0.2, 0.25) is 0 Å². The van der Waals surface area contributed by atoms with Gasteiger partial charge in [0, 0.05) is 29.0 Å². The molecule has 17 heavy (non-hydrogen) atoms. The van der Waals surface area contributed by atoms with Gasteiger partial charge in [0.25, 0.3) is 0 Å². The third-order valence-corrected chi connectivity index (χ3v) is 4.44. The van der Waals surface area contributed by atoms with E-state index in [4.69, 9.17) is 16.3 Å². The Morgan fingerprint density at radius 3 is 2.35 bits per heavy atom. The molecule has 0 aromatic heterocycles. The van der Waals surface area contributed by atoms with Crippen molar-refractivity contribution in [3.63, 3.8) is 0 Å². The Hall–Kier alpha value is -0.250. The molecule has 0 aliphatic heterocycles. The molecule has 0 saturated heterocycles. The normalized spacial score (nSPS) is 10.7. The van der Waals surface area contributed by atoms with Gasteiger partial charge in [0.1, 0.15) is 5.75 Å². The van der Waals surface area contributed by atoms with Crippen LogP contribution in [0.1, 0.15) is 22.3 Å². The maximum absolute atomic E-state index is 5.67. The molecule has 0 saturated carbocycles. The molecule has 1 aromatic carbocycles. The SMILES string of the molecule is COc1c(C)c(C)c(Br)c(C)c1CNCCCl. The summed E-state index contributed by atoms with van der Waals surface area (Å²) in [5, 5.41) is 3.31. The van der Waals surface area contributed by atoms with Crippen LogP contribution in [-0.4, -0.2) is 19.5 Å². The first-order valence-corrected chi connectivity index (χ1v) is 6.96.